The largest absolute Gasteiger partial charge is 0.312 e. The molecular weight excluding hydrogens is 623 g/mol. The number of fused-ring (bicyclic) bond motifs is 6. The molecule has 8 aromatic rings. The quantitative estimate of drug-likeness (QED) is 0.202. The second-order valence-corrected chi connectivity index (χ2v) is 14.1. The van der Waals surface area contributed by atoms with Crippen LogP contribution in [0.3, 0.4) is 0 Å². The molecule has 1 aliphatic rings. The summed E-state index contributed by atoms with van der Waals surface area (Å²) in [4.78, 5) is 2.03. The van der Waals surface area contributed by atoms with E-state index in [2.05, 4.69) is 152 Å². The molecular formula is C45H29B5N2. The smallest absolute Gasteiger partial charge is 0.115 e. The summed E-state index contributed by atoms with van der Waals surface area (Å²) in [6.07, 6.45) is 0. The Bertz CT molecular complexity index is 2680. The van der Waals surface area contributed by atoms with Crippen molar-refractivity contribution >= 4 is 105 Å². The number of hydrogen-bond acceptors (Lipinski definition) is 1. The van der Waals surface area contributed by atoms with Crippen molar-refractivity contribution in [3.05, 3.63) is 151 Å². The fraction of sp³-hybridized carbons (Fsp3) is 0.0667. The highest BCUT2D eigenvalue weighted by atomic mass is 15.1. The van der Waals surface area contributed by atoms with Crippen molar-refractivity contribution in [3.8, 4) is 27.9 Å². The summed E-state index contributed by atoms with van der Waals surface area (Å²) in [5.41, 5.74) is 13.9. The monoisotopic (exact) mass is 652 g/mol. The molecule has 0 bridgehead atoms. The molecule has 0 fully saturated rings. The zero-order valence-electron chi connectivity index (χ0n) is 29.1. The first-order valence-corrected chi connectivity index (χ1v) is 17.4. The molecule has 0 saturated heterocycles. The van der Waals surface area contributed by atoms with Crippen LogP contribution in [0.4, 0.5) is 17.1 Å². The third-order valence-corrected chi connectivity index (χ3v) is 10.8. The van der Waals surface area contributed by atoms with Crippen molar-refractivity contribution in [2.75, 3.05) is 4.90 Å². The van der Waals surface area contributed by atoms with E-state index in [0.717, 1.165) is 44.4 Å². The van der Waals surface area contributed by atoms with E-state index < -0.39 is 0 Å². The van der Waals surface area contributed by atoms with Crippen LogP contribution in [0.1, 0.15) is 25.0 Å². The Morgan fingerprint density at radius 2 is 1.06 bits per heavy atom. The third kappa shape index (κ3) is 4.72. The summed E-state index contributed by atoms with van der Waals surface area (Å²) in [6.45, 7) is 4.62. The fourth-order valence-corrected chi connectivity index (χ4v) is 8.32. The van der Waals surface area contributed by atoms with Crippen molar-refractivity contribution in [1.29, 1.82) is 0 Å². The van der Waals surface area contributed by atoms with Crippen LogP contribution in [0.15, 0.2) is 140 Å². The van der Waals surface area contributed by atoms with Crippen LogP contribution in [0.2, 0.25) is 0 Å². The van der Waals surface area contributed by atoms with Gasteiger partial charge >= 0.3 is 0 Å². The summed E-state index contributed by atoms with van der Waals surface area (Å²) >= 11 is 0. The van der Waals surface area contributed by atoms with Crippen LogP contribution >= 0.6 is 0 Å². The van der Waals surface area contributed by atoms with Gasteiger partial charge in [0.25, 0.3) is 0 Å². The maximum atomic E-state index is 6.78. The number of hydrogen-bond donors (Lipinski definition) is 0. The molecule has 52 heavy (non-hydrogen) atoms. The van der Waals surface area contributed by atoms with Crippen LogP contribution in [0.5, 0.6) is 0 Å². The molecule has 2 nitrogen and oxygen atoms in total. The highest BCUT2D eigenvalue weighted by Gasteiger charge is 2.37. The standard InChI is InChI=1S/C45H29B5N2/c1-45(2)35-17-8-6-13-31(35)33-16-10-15-30(38(33)45)26-19-21-28(22-20-26)51(44-42(49)40(47)39(46)41(48)43(44)50)29-23-24-37-34(25-29)32-14-7-9-18-36(32)52(37)27-11-4-3-5-12-27/h3-25H,1-2H3. The van der Waals surface area contributed by atoms with Gasteiger partial charge in [0.05, 0.1) is 11.0 Å². The molecule has 7 aromatic carbocycles. The van der Waals surface area contributed by atoms with Gasteiger partial charge in [-0.05, 0) is 81.9 Å². The molecule has 0 amide bonds. The molecule has 1 aromatic heterocycles. The van der Waals surface area contributed by atoms with E-state index in [4.69, 9.17) is 39.2 Å². The Morgan fingerprint density at radius 1 is 0.481 bits per heavy atom. The minimum atomic E-state index is -0.149. The Labute approximate surface area is 311 Å². The fourth-order valence-electron chi connectivity index (χ4n) is 8.32. The molecule has 0 spiro atoms. The van der Waals surface area contributed by atoms with Gasteiger partial charge in [-0.2, -0.15) is 0 Å². The van der Waals surface area contributed by atoms with Gasteiger partial charge < -0.3 is 9.47 Å². The van der Waals surface area contributed by atoms with Crippen LogP contribution in [-0.4, -0.2) is 43.8 Å². The van der Waals surface area contributed by atoms with E-state index in [9.17, 15) is 0 Å². The Balaban J connectivity index is 1.24. The predicted molar refractivity (Wildman–Crippen MR) is 225 cm³/mol. The zero-order chi connectivity index (χ0) is 35.9. The molecule has 9 rings (SSSR count). The lowest BCUT2D eigenvalue weighted by Crippen LogP contribution is -2.56. The zero-order valence-corrected chi connectivity index (χ0v) is 29.1. The van der Waals surface area contributed by atoms with E-state index in [1.165, 1.54) is 27.8 Å². The van der Waals surface area contributed by atoms with E-state index in [-0.39, 0.29) is 32.7 Å². The lowest BCUT2D eigenvalue weighted by Gasteiger charge is -2.33. The minimum Gasteiger partial charge on any atom is -0.312 e. The summed E-state index contributed by atoms with van der Waals surface area (Å²) in [7, 11) is 32.8. The molecule has 234 valence electrons. The highest BCUT2D eigenvalue weighted by molar-refractivity contribution is 6.69. The number of aromatic nitrogens is 1. The van der Waals surface area contributed by atoms with Gasteiger partial charge in [0, 0.05) is 38.9 Å². The first kappa shape index (κ1) is 32.4. The van der Waals surface area contributed by atoms with Crippen LogP contribution < -0.4 is 32.2 Å². The lowest BCUT2D eigenvalue weighted by molar-refractivity contribution is 0.662. The second kappa shape index (κ2) is 12.0. The van der Waals surface area contributed by atoms with E-state index in [1.54, 1.807) is 0 Å². The first-order valence-electron chi connectivity index (χ1n) is 17.4. The molecule has 7 heteroatoms. The average molecular weight is 652 g/mol. The molecule has 0 N–H and O–H groups in total. The average Bonchev–Trinajstić information content (AvgIpc) is 3.63. The van der Waals surface area contributed by atoms with Gasteiger partial charge in [0.15, 0.2) is 0 Å². The van der Waals surface area contributed by atoms with Crippen LogP contribution in [0.25, 0.3) is 49.7 Å². The topological polar surface area (TPSA) is 8.17 Å². The number of nitrogens with zero attached hydrogens (tertiary/aromatic N) is 2. The minimum absolute atomic E-state index is 0.149. The summed E-state index contributed by atoms with van der Waals surface area (Å²) in [5, 5.41) is 2.20. The maximum Gasteiger partial charge on any atom is 0.115 e. The number of rotatable bonds is 5. The molecule has 0 atom stereocenters. The van der Waals surface area contributed by atoms with Gasteiger partial charge in [0.1, 0.15) is 39.2 Å². The van der Waals surface area contributed by atoms with Crippen molar-refractivity contribution < 1.29 is 0 Å². The number of anilines is 3. The van der Waals surface area contributed by atoms with E-state index in [0.29, 0.717) is 5.69 Å². The number of para-hydroxylation sites is 2. The maximum absolute atomic E-state index is 6.78. The van der Waals surface area contributed by atoms with Crippen LogP contribution in [0, 0.1) is 0 Å². The first-order chi connectivity index (χ1) is 25.2. The van der Waals surface area contributed by atoms with Gasteiger partial charge in [-0.3, -0.25) is 0 Å². The number of benzene rings is 7. The lowest BCUT2D eigenvalue weighted by atomic mass is 9.61. The summed E-state index contributed by atoms with van der Waals surface area (Å²) in [6, 6.07) is 49.0. The van der Waals surface area contributed by atoms with Crippen molar-refractivity contribution in [2.24, 2.45) is 0 Å². The molecule has 0 unspecified atom stereocenters. The molecule has 1 aliphatic carbocycles. The third-order valence-electron chi connectivity index (χ3n) is 10.8. The van der Waals surface area contributed by atoms with Crippen molar-refractivity contribution in [1.82, 2.24) is 4.57 Å². The van der Waals surface area contributed by atoms with E-state index in [1.807, 2.05) is 11.0 Å². The van der Waals surface area contributed by atoms with E-state index >= 15 is 0 Å². The molecule has 10 radical (unpaired) electrons. The van der Waals surface area contributed by atoms with Crippen molar-refractivity contribution in [2.45, 2.75) is 19.3 Å². The van der Waals surface area contributed by atoms with Gasteiger partial charge in [-0.15, -0.1) is 16.4 Å². The van der Waals surface area contributed by atoms with Gasteiger partial charge in [-0.1, -0.05) is 116 Å². The molecule has 0 aliphatic heterocycles. The van der Waals surface area contributed by atoms with Crippen LogP contribution in [-0.2, 0) is 5.41 Å². The summed E-state index contributed by atoms with van der Waals surface area (Å²) in [5.74, 6) is 0. The summed E-state index contributed by atoms with van der Waals surface area (Å²) < 4.78 is 2.29. The normalized spacial score (nSPS) is 13.0. The van der Waals surface area contributed by atoms with Gasteiger partial charge in [0.2, 0.25) is 0 Å². The van der Waals surface area contributed by atoms with Gasteiger partial charge in [-0.25, -0.2) is 0 Å². The molecule has 1 heterocycles. The predicted octanol–water partition coefficient (Wildman–Crippen LogP) is 6.20. The SMILES string of the molecule is [B]c1c([B])c([B])c(N(c2ccc(-c3cccc4c3C(C)(C)c3ccccc3-4)cc2)c2ccc3c(c2)c2ccccc2n3-c2ccccc2)c([B])c1[B]. The highest BCUT2D eigenvalue weighted by Crippen LogP contribution is 2.52. The Morgan fingerprint density at radius 3 is 1.81 bits per heavy atom. The Hall–Kier alpha value is -5.54. The van der Waals surface area contributed by atoms with Crippen molar-refractivity contribution in [3.63, 3.8) is 0 Å². The molecule has 0 saturated carbocycles. The Kier molecular flexibility index (Phi) is 7.49. The second-order valence-electron chi connectivity index (χ2n) is 14.1.